The van der Waals surface area contributed by atoms with Crippen molar-refractivity contribution in [2.75, 3.05) is 12.1 Å². The van der Waals surface area contributed by atoms with E-state index in [0.29, 0.717) is 6.61 Å². The average Bonchev–Trinajstić information content (AvgIpc) is 2.45. The second-order valence-corrected chi connectivity index (χ2v) is 5.12. The highest BCUT2D eigenvalue weighted by Gasteiger charge is 2.11. The summed E-state index contributed by atoms with van der Waals surface area (Å²) < 4.78 is 5.92. The molecule has 0 fully saturated rings. The molecule has 2 aromatic rings. The lowest BCUT2D eigenvalue weighted by Gasteiger charge is -2.20. The van der Waals surface area contributed by atoms with Gasteiger partial charge in [0.15, 0.2) is 0 Å². The predicted octanol–water partition coefficient (Wildman–Crippen LogP) is 3.15. The highest BCUT2D eigenvalue weighted by molar-refractivity contribution is 5.55. The number of ether oxygens (including phenoxy) is 1. The fourth-order valence-electron chi connectivity index (χ4n) is 2.39. The lowest BCUT2D eigenvalue weighted by molar-refractivity contribution is 0.302. The first-order valence-electron chi connectivity index (χ1n) is 7.04. The molecule has 0 aliphatic rings. The van der Waals surface area contributed by atoms with E-state index in [9.17, 15) is 5.11 Å². The summed E-state index contributed by atoms with van der Waals surface area (Å²) >= 11 is 0. The third kappa shape index (κ3) is 3.47. The number of phenolic OH excluding ortho intramolecular Hbond substituents is 1. The van der Waals surface area contributed by atoms with Gasteiger partial charge in [0, 0.05) is 12.6 Å². The number of nitrogens with zero attached hydrogens (tertiary/aromatic N) is 1. The van der Waals surface area contributed by atoms with Gasteiger partial charge in [-0.3, -0.25) is 0 Å². The molecule has 4 heteroatoms. The molecule has 21 heavy (non-hydrogen) atoms. The molecule has 4 nitrogen and oxygen atoms in total. The highest BCUT2D eigenvalue weighted by atomic mass is 16.5. The summed E-state index contributed by atoms with van der Waals surface area (Å²) in [5.41, 5.74) is 4.19. The van der Waals surface area contributed by atoms with E-state index in [4.69, 9.17) is 10.6 Å². The molecule has 0 saturated heterocycles. The van der Waals surface area contributed by atoms with Crippen molar-refractivity contribution < 1.29 is 9.84 Å². The Morgan fingerprint density at radius 2 is 2.00 bits per heavy atom. The number of aromatic hydroxyl groups is 1. The number of anilines is 1. The fourth-order valence-corrected chi connectivity index (χ4v) is 2.39. The monoisotopic (exact) mass is 286 g/mol. The van der Waals surface area contributed by atoms with Gasteiger partial charge >= 0.3 is 0 Å². The molecule has 2 aromatic carbocycles. The highest BCUT2D eigenvalue weighted by Crippen LogP contribution is 2.27. The second-order valence-electron chi connectivity index (χ2n) is 5.12. The van der Waals surface area contributed by atoms with Gasteiger partial charge in [-0.25, -0.2) is 5.84 Å². The number of hydrazine groups is 1. The number of rotatable bonds is 5. The standard InChI is InChI=1S/C17H22N2O2/c1-4-13-6-5-7-16(19(3)18)15(13)11-21-17-9-8-14(20)10-12(17)2/h5-10,20H,4,11,18H2,1-3H3. The minimum atomic E-state index is 0.246. The number of phenols is 1. The number of hydrogen-bond donors (Lipinski definition) is 2. The number of nitrogens with two attached hydrogens (primary N) is 1. The average molecular weight is 286 g/mol. The maximum atomic E-state index is 9.44. The Morgan fingerprint density at radius 1 is 1.24 bits per heavy atom. The van der Waals surface area contributed by atoms with E-state index in [1.165, 1.54) is 5.56 Å². The summed E-state index contributed by atoms with van der Waals surface area (Å²) in [6.07, 6.45) is 0.926. The zero-order valence-electron chi connectivity index (χ0n) is 12.8. The number of aryl methyl sites for hydroxylation is 2. The smallest absolute Gasteiger partial charge is 0.122 e. The van der Waals surface area contributed by atoms with Crippen LogP contribution in [0.1, 0.15) is 23.6 Å². The van der Waals surface area contributed by atoms with Crippen LogP contribution in [-0.2, 0) is 13.0 Å². The molecule has 0 bridgehead atoms. The Hall–Kier alpha value is -2.20. The normalized spacial score (nSPS) is 10.5. The van der Waals surface area contributed by atoms with E-state index in [1.807, 2.05) is 26.1 Å². The molecule has 0 spiro atoms. The van der Waals surface area contributed by atoms with Gasteiger partial charge < -0.3 is 14.9 Å². The summed E-state index contributed by atoms with van der Waals surface area (Å²) in [5, 5.41) is 11.1. The fraction of sp³-hybridized carbons (Fsp3) is 0.294. The van der Waals surface area contributed by atoms with Gasteiger partial charge in [0.05, 0.1) is 5.69 Å². The van der Waals surface area contributed by atoms with Crippen molar-refractivity contribution in [2.45, 2.75) is 26.9 Å². The zero-order chi connectivity index (χ0) is 15.4. The van der Waals surface area contributed by atoms with Gasteiger partial charge in [0.25, 0.3) is 0 Å². The maximum absolute atomic E-state index is 9.44. The molecule has 0 saturated carbocycles. The minimum absolute atomic E-state index is 0.246. The molecule has 0 unspecified atom stereocenters. The first-order chi connectivity index (χ1) is 10.0. The number of hydrogen-bond acceptors (Lipinski definition) is 4. The molecule has 2 rings (SSSR count). The maximum Gasteiger partial charge on any atom is 0.122 e. The quantitative estimate of drug-likeness (QED) is 0.655. The molecule has 0 radical (unpaired) electrons. The van der Waals surface area contributed by atoms with Crippen LogP contribution in [0.3, 0.4) is 0 Å². The second kappa shape index (κ2) is 6.50. The Bertz CT molecular complexity index is 624. The van der Waals surface area contributed by atoms with Crippen LogP contribution in [-0.4, -0.2) is 12.2 Å². The first-order valence-corrected chi connectivity index (χ1v) is 7.04. The van der Waals surface area contributed by atoms with Gasteiger partial charge in [-0.15, -0.1) is 0 Å². The van der Waals surface area contributed by atoms with Crippen LogP contribution in [0.4, 0.5) is 5.69 Å². The van der Waals surface area contributed by atoms with Crippen LogP contribution in [0.25, 0.3) is 0 Å². The molecule has 3 N–H and O–H groups in total. The van der Waals surface area contributed by atoms with E-state index in [1.54, 1.807) is 23.2 Å². The Balaban J connectivity index is 2.26. The van der Waals surface area contributed by atoms with Gasteiger partial charge in [0.1, 0.15) is 18.1 Å². The predicted molar refractivity (Wildman–Crippen MR) is 85.6 cm³/mol. The number of benzene rings is 2. The van der Waals surface area contributed by atoms with Crippen molar-refractivity contribution in [3.8, 4) is 11.5 Å². The van der Waals surface area contributed by atoms with E-state index < -0.39 is 0 Å². The summed E-state index contributed by atoms with van der Waals surface area (Å²) in [6.45, 7) is 4.48. The summed E-state index contributed by atoms with van der Waals surface area (Å²) in [4.78, 5) is 0. The van der Waals surface area contributed by atoms with Crippen LogP contribution >= 0.6 is 0 Å². The molecule has 112 valence electrons. The van der Waals surface area contributed by atoms with Crippen molar-refractivity contribution in [2.24, 2.45) is 5.84 Å². The Labute approximate surface area is 125 Å². The van der Waals surface area contributed by atoms with Crippen LogP contribution in [0.5, 0.6) is 11.5 Å². The van der Waals surface area contributed by atoms with Crippen molar-refractivity contribution >= 4 is 5.69 Å². The van der Waals surface area contributed by atoms with Gasteiger partial charge in [-0.2, -0.15) is 0 Å². The molecule has 0 amide bonds. The van der Waals surface area contributed by atoms with Crippen molar-refractivity contribution in [1.29, 1.82) is 0 Å². The molecular weight excluding hydrogens is 264 g/mol. The van der Waals surface area contributed by atoms with Crippen LogP contribution in [0, 0.1) is 6.92 Å². The summed E-state index contributed by atoms with van der Waals surface area (Å²) in [5.74, 6) is 6.92. The largest absolute Gasteiger partial charge is 0.508 e. The summed E-state index contributed by atoms with van der Waals surface area (Å²) in [7, 11) is 1.82. The van der Waals surface area contributed by atoms with E-state index in [2.05, 4.69) is 13.0 Å². The summed E-state index contributed by atoms with van der Waals surface area (Å²) in [6, 6.07) is 11.2. The molecule has 0 aliphatic heterocycles. The third-order valence-corrected chi connectivity index (χ3v) is 3.54. The van der Waals surface area contributed by atoms with Gasteiger partial charge in [-0.1, -0.05) is 19.1 Å². The first kappa shape index (κ1) is 15.2. The lowest BCUT2D eigenvalue weighted by Crippen LogP contribution is -2.27. The van der Waals surface area contributed by atoms with Crippen molar-refractivity contribution in [1.82, 2.24) is 0 Å². The van der Waals surface area contributed by atoms with E-state index in [-0.39, 0.29) is 5.75 Å². The molecule has 0 heterocycles. The molecule has 0 aliphatic carbocycles. The molecule has 0 aromatic heterocycles. The van der Waals surface area contributed by atoms with Crippen molar-refractivity contribution in [3.63, 3.8) is 0 Å². The lowest BCUT2D eigenvalue weighted by atomic mass is 10.0. The van der Waals surface area contributed by atoms with Gasteiger partial charge in [0.2, 0.25) is 0 Å². The van der Waals surface area contributed by atoms with E-state index in [0.717, 1.165) is 29.0 Å². The molecule has 0 atom stereocenters. The van der Waals surface area contributed by atoms with Crippen LogP contribution in [0.15, 0.2) is 36.4 Å². The zero-order valence-corrected chi connectivity index (χ0v) is 12.8. The van der Waals surface area contributed by atoms with E-state index >= 15 is 0 Å². The van der Waals surface area contributed by atoms with Crippen LogP contribution in [0.2, 0.25) is 0 Å². The third-order valence-electron chi connectivity index (χ3n) is 3.54. The van der Waals surface area contributed by atoms with Crippen molar-refractivity contribution in [3.05, 3.63) is 53.1 Å². The Kier molecular flexibility index (Phi) is 4.70. The Morgan fingerprint density at radius 3 is 2.62 bits per heavy atom. The molecular formula is C17H22N2O2. The van der Waals surface area contributed by atoms with Crippen LogP contribution < -0.4 is 15.6 Å². The SMILES string of the molecule is CCc1cccc(N(C)N)c1COc1ccc(O)cc1C. The topological polar surface area (TPSA) is 58.7 Å². The van der Waals surface area contributed by atoms with Gasteiger partial charge in [-0.05, 0) is 48.7 Å². The minimum Gasteiger partial charge on any atom is -0.508 e.